The standard InChI is InChI=1S/C14H20N2O2S/c1-3-18-13(17)10-4-5-12(11(15)8-10)16-9-14(19-2)6-7-14/h4-5,8,16H,3,6-7,9,15H2,1-2H3. The van der Waals surface area contributed by atoms with E-state index >= 15 is 0 Å². The van der Waals surface area contributed by atoms with Crippen LogP contribution >= 0.6 is 11.8 Å². The number of carbonyl (C=O) groups excluding carboxylic acids is 1. The number of esters is 1. The fourth-order valence-electron chi connectivity index (χ4n) is 1.91. The highest BCUT2D eigenvalue weighted by atomic mass is 32.2. The van der Waals surface area contributed by atoms with E-state index in [0.717, 1.165) is 12.2 Å². The molecule has 4 nitrogen and oxygen atoms in total. The third-order valence-corrected chi connectivity index (χ3v) is 4.82. The van der Waals surface area contributed by atoms with Crippen molar-refractivity contribution < 1.29 is 9.53 Å². The van der Waals surface area contributed by atoms with E-state index in [9.17, 15) is 4.79 Å². The van der Waals surface area contributed by atoms with Crippen LogP contribution in [0, 0.1) is 0 Å². The SMILES string of the molecule is CCOC(=O)c1ccc(NCC2(SC)CC2)c(N)c1. The Morgan fingerprint density at radius 3 is 2.79 bits per heavy atom. The molecule has 0 radical (unpaired) electrons. The van der Waals surface area contributed by atoms with Gasteiger partial charge >= 0.3 is 5.97 Å². The summed E-state index contributed by atoms with van der Waals surface area (Å²) >= 11 is 1.90. The molecule has 1 saturated carbocycles. The predicted octanol–water partition coefficient (Wildman–Crippen LogP) is 2.75. The second-order valence-corrected chi connectivity index (χ2v) is 6.04. The summed E-state index contributed by atoms with van der Waals surface area (Å²) in [5.74, 6) is -0.330. The van der Waals surface area contributed by atoms with E-state index < -0.39 is 0 Å². The first-order chi connectivity index (χ1) is 9.10. The number of nitrogens with two attached hydrogens (primary N) is 1. The molecule has 104 valence electrons. The summed E-state index contributed by atoms with van der Waals surface area (Å²) in [6, 6.07) is 5.26. The molecule has 1 aromatic rings. The van der Waals surface area contributed by atoms with Crippen LogP contribution in [0.25, 0.3) is 0 Å². The first kappa shape index (κ1) is 14.1. The Labute approximate surface area is 118 Å². The van der Waals surface area contributed by atoms with Crippen molar-refractivity contribution in [3.05, 3.63) is 23.8 Å². The summed E-state index contributed by atoms with van der Waals surface area (Å²) in [6.07, 6.45) is 4.64. The van der Waals surface area contributed by atoms with Gasteiger partial charge in [-0.1, -0.05) is 0 Å². The van der Waals surface area contributed by atoms with E-state index in [4.69, 9.17) is 10.5 Å². The highest BCUT2D eigenvalue weighted by molar-refractivity contribution is 8.00. The van der Waals surface area contributed by atoms with Crippen molar-refractivity contribution in [2.45, 2.75) is 24.5 Å². The number of anilines is 2. The first-order valence-corrected chi connectivity index (χ1v) is 7.68. The molecule has 0 aromatic heterocycles. The van der Waals surface area contributed by atoms with Crippen molar-refractivity contribution in [2.24, 2.45) is 0 Å². The van der Waals surface area contributed by atoms with E-state index in [2.05, 4.69) is 11.6 Å². The van der Waals surface area contributed by atoms with E-state index in [-0.39, 0.29) is 5.97 Å². The second kappa shape index (κ2) is 5.74. The van der Waals surface area contributed by atoms with E-state index in [1.165, 1.54) is 12.8 Å². The van der Waals surface area contributed by atoms with Gasteiger partial charge in [-0.3, -0.25) is 0 Å². The Balaban J connectivity index is 2.01. The number of carbonyl (C=O) groups is 1. The van der Waals surface area contributed by atoms with Crippen LogP contribution in [0.4, 0.5) is 11.4 Å². The topological polar surface area (TPSA) is 64.3 Å². The lowest BCUT2D eigenvalue weighted by atomic mass is 10.1. The third-order valence-electron chi connectivity index (χ3n) is 3.40. The van der Waals surface area contributed by atoms with Gasteiger partial charge in [0.15, 0.2) is 0 Å². The van der Waals surface area contributed by atoms with Gasteiger partial charge in [0.1, 0.15) is 0 Å². The molecule has 0 atom stereocenters. The zero-order valence-corrected chi connectivity index (χ0v) is 12.2. The molecule has 0 amide bonds. The molecule has 19 heavy (non-hydrogen) atoms. The summed E-state index contributed by atoms with van der Waals surface area (Å²) in [7, 11) is 0. The largest absolute Gasteiger partial charge is 0.462 e. The minimum atomic E-state index is -0.330. The molecule has 0 aliphatic heterocycles. The number of ether oxygens (including phenoxy) is 1. The maximum atomic E-state index is 11.6. The van der Waals surface area contributed by atoms with Crippen LogP contribution in [0.2, 0.25) is 0 Å². The summed E-state index contributed by atoms with van der Waals surface area (Å²) in [5, 5.41) is 3.37. The van der Waals surface area contributed by atoms with Crippen LogP contribution in [0.5, 0.6) is 0 Å². The number of thioether (sulfide) groups is 1. The molecule has 2 rings (SSSR count). The molecule has 1 aliphatic rings. The molecule has 0 unspecified atom stereocenters. The fraction of sp³-hybridized carbons (Fsp3) is 0.500. The van der Waals surface area contributed by atoms with Gasteiger partial charge in [0, 0.05) is 11.3 Å². The maximum absolute atomic E-state index is 11.6. The molecule has 5 heteroatoms. The van der Waals surface area contributed by atoms with Gasteiger partial charge in [0.05, 0.1) is 23.5 Å². The molecular weight excluding hydrogens is 260 g/mol. The Morgan fingerprint density at radius 1 is 1.53 bits per heavy atom. The number of nitrogens with one attached hydrogen (secondary N) is 1. The van der Waals surface area contributed by atoms with Crippen molar-refractivity contribution in [3.8, 4) is 0 Å². The number of rotatable bonds is 6. The number of benzene rings is 1. The van der Waals surface area contributed by atoms with Crippen molar-refractivity contribution in [1.82, 2.24) is 0 Å². The van der Waals surface area contributed by atoms with Crippen molar-refractivity contribution >= 4 is 29.1 Å². The van der Waals surface area contributed by atoms with Gasteiger partial charge in [-0.05, 0) is 44.2 Å². The summed E-state index contributed by atoms with van der Waals surface area (Å²) < 4.78 is 5.33. The lowest BCUT2D eigenvalue weighted by molar-refractivity contribution is 0.0526. The van der Waals surface area contributed by atoms with Gasteiger partial charge in [-0.15, -0.1) is 0 Å². The molecular formula is C14H20N2O2S. The predicted molar refractivity (Wildman–Crippen MR) is 80.8 cm³/mol. The van der Waals surface area contributed by atoms with E-state index in [1.54, 1.807) is 19.1 Å². The van der Waals surface area contributed by atoms with Crippen LogP contribution in [0.3, 0.4) is 0 Å². The quantitative estimate of drug-likeness (QED) is 0.619. The van der Waals surface area contributed by atoms with E-state index in [0.29, 0.717) is 22.6 Å². The van der Waals surface area contributed by atoms with E-state index in [1.807, 2.05) is 17.8 Å². The van der Waals surface area contributed by atoms with Gasteiger partial charge < -0.3 is 15.8 Å². The van der Waals surface area contributed by atoms with Gasteiger partial charge in [0.25, 0.3) is 0 Å². The summed E-state index contributed by atoms with van der Waals surface area (Å²) in [5.41, 5.74) is 7.93. The minimum absolute atomic E-state index is 0.330. The molecule has 3 N–H and O–H groups in total. The van der Waals surface area contributed by atoms with Gasteiger partial charge in [0.2, 0.25) is 0 Å². The average molecular weight is 280 g/mol. The smallest absolute Gasteiger partial charge is 0.338 e. The van der Waals surface area contributed by atoms with Crippen LogP contribution < -0.4 is 11.1 Å². The zero-order chi connectivity index (χ0) is 13.9. The monoisotopic (exact) mass is 280 g/mol. The molecule has 1 aliphatic carbocycles. The lowest BCUT2D eigenvalue weighted by Gasteiger charge is -2.16. The minimum Gasteiger partial charge on any atom is -0.462 e. The van der Waals surface area contributed by atoms with Crippen molar-refractivity contribution in [3.63, 3.8) is 0 Å². The Bertz CT molecular complexity index is 473. The summed E-state index contributed by atoms with van der Waals surface area (Å²) in [4.78, 5) is 11.6. The lowest BCUT2D eigenvalue weighted by Crippen LogP contribution is -2.18. The van der Waals surface area contributed by atoms with Crippen LogP contribution in [-0.4, -0.2) is 30.1 Å². The Kier molecular flexibility index (Phi) is 4.24. The molecule has 0 spiro atoms. The molecule has 1 aromatic carbocycles. The highest BCUT2D eigenvalue weighted by Crippen LogP contribution is 2.47. The van der Waals surface area contributed by atoms with Crippen LogP contribution in [-0.2, 0) is 4.74 Å². The molecule has 0 bridgehead atoms. The van der Waals surface area contributed by atoms with Crippen molar-refractivity contribution in [2.75, 3.05) is 30.5 Å². The van der Waals surface area contributed by atoms with Gasteiger partial charge in [-0.2, -0.15) is 11.8 Å². The molecule has 0 heterocycles. The van der Waals surface area contributed by atoms with Gasteiger partial charge in [-0.25, -0.2) is 4.79 Å². The van der Waals surface area contributed by atoms with Crippen LogP contribution in [0.15, 0.2) is 18.2 Å². The molecule has 1 fully saturated rings. The third kappa shape index (κ3) is 3.35. The fourth-order valence-corrected chi connectivity index (χ4v) is 2.64. The van der Waals surface area contributed by atoms with Crippen LogP contribution in [0.1, 0.15) is 30.1 Å². The average Bonchev–Trinajstić information content (AvgIpc) is 3.18. The Hall–Kier alpha value is -1.36. The number of hydrogen-bond donors (Lipinski definition) is 2. The maximum Gasteiger partial charge on any atom is 0.338 e. The second-order valence-electron chi connectivity index (χ2n) is 4.76. The normalized spacial score (nSPS) is 15.9. The number of hydrogen-bond acceptors (Lipinski definition) is 5. The zero-order valence-electron chi connectivity index (χ0n) is 11.4. The molecule has 0 saturated heterocycles. The number of nitrogen functional groups attached to an aromatic ring is 1. The summed E-state index contributed by atoms with van der Waals surface area (Å²) in [6.45, 7) is 3.07. The highest BCUT2D eigenvalue weighted by Gasteiger charge is 2.41. The first-order valence-electron chi connectivity index (χ1n) is 6.46. The van der Waals surface area contributed by atoms with Crippen molar-refractivity contribution in [1.29, 1.82) is 0 Å². The Morgan fingerprint density at radius 2 is 2.26 bits per heavy atom.